The van der Waals surface area contributed by atoms with Crippen molar-refractivity contribution < 1.29 is 4.74 Å². The Morgan fingerprint density at radius 3 is 2.35 bits per heavy atom. The Bertz CT molecular complexity index is 463. The topological polar surface area (TPSA) is 9.23 Å². The molecule has 2 rings (SSSR count). The van der Waals surface area contributed by atoms with Crippen molar-refractivity contribution in [1.82, 2.24) is 0 Å². The molecule has 0 aliphatic heterocycles. The van der Waals surface area contributed by atoms with Crippen LogP contribution in [-0.4, -0.2) is 6.61 Å². The van der Waals surface area contributed by atoms with Crippen molar-refractivity contribution in [3.8, 4) is 0 Å². The van der Waals surface area contributed by atoms with Crippen LogP contribution in [-0.2, 0) is 17.8 Å². The molecule has 0 aromatic heterocycles. The third-order valence-corrected chi connectivity index (χ3v) is 5.05. The Morgan fingerprint density at radius 1 is 1.04 bits per heavy atom. The van der Waals surface area contributed by atoms with Gasteiger partial charge in [-0.1, -0.05) is 55.3 Å². The maximum absolute atomic E-state index is 5.59. The second-order valence-corrected chi connectivity index (χ2v) is 6.85. The van der Waals surface area contributed by atoms with Crippen LogP contribution in [0.5, 0.6) is 0 Å². The zero-order valence-corrected chi connectivity index (χ0v) is 14.7. The fourth-order valence-electron chi connectivity index (χ4n) is 3.51. The lowest BCUT2D eigenvalue weighted by molar-refractivity contribution is 0.148. The van der Waals surface area contributed by atoms with E-state index < -0.39 is 0 Å². The van der Waals surface area contributed by atoms with Crippen molar-refractivity contribution in [3.63, 3.8) is 0 Å². The molecule has 1 nitrogen and oxygen atoms in total. The summed E-state index contributed by atoms with van der Waals surface area (Å²) in [5.74, 6) is 1.84. The average molecular weight is 312 g/mol. The van der Waals surface area contributed by atoms with Gasteiger partial charge in [0.25, 0.3) is 0 Å². The highest BCUT2D eigenvalue weighted by Crippen LogP contribution is 2.33. The predicted molar refractivity (Wildman–Crippen MR) is 99.5 cm³/mol. The Balaban J connectivity index is 1.67. The Kier molecular flexibility index (Phi) is 8.17. The summed E-state index contributed by atoms with van der Waals surface area (Å²) in [6, 6.07) is 8.98. The number of hydrogen-bond donors (Lipinski definition) is 0. The van der Waals surface area contributed by atoms with E-state index in [4.69, 9.17) is 4.74 Å². The lowest BCUT2D eigenvalue weighted by atomic mass is 9.78. The molecule has 0 radical (unpaired) electrons. The number of ether oxygens (including phenoxy) is 1. The van der Waals surface area contributed by atoms with Crippen molar-refractivity contribution in [2.45, 2.75) is 58.5 Å². The SMILES string of the molecule is C=CCC1CCC(CCc2ccc(COC/C=C/C)cc2)CC1. The maximum Gasteiger partial charge on any atom is 0.0721 e. The van der Waals surface area contributed by atoms with Gasteiger partial charge in [0.05, 0.1) is 13.2 Å². The lowest BCUT2D eigenvalue weighted by Gasteiger charge is -2.27. The normalized spacial score (nSPS) is 21.6. The first-order valence-corrected chi connectivity index (χ1v) is 9.19. The highest BCUT2D eigenvalue weighted by molar-refractivity contribution is 5.22. The van der Waals surface area contributed by atoms with Gasteiger partial charge in [-0.25, -0.2) is 0 Å². The van der Waals surface area contributed by atoms with E-state index in [1.807, 2.05) is 19.1 Å². The third-order valence-electron chi connectivity index (χ3n) is 5.05. The van der Waals surface area contributed by atoms with E-state index in [9.17, 15) is 0 Å². The molecule has 1 heteroatoms. The van der Waals surface area contributed by atoms with Gasteiger partial charge in [-0.2, -0.15) is 0 Å². The molecule has 0 atom stereocenters. The quantitative estimate of drug-likeness (QED) is 0.396. The van der Waals surface area contributed by atoms with Gasteiger partial charge in [0, 0.05) is 0 Å². The van der Waals surface area contributed by atoms with Crippen molar-refractivity contribution in [1.29, 1.82) is 0 Å². The first-order valence-electron chi connectivity index (χ1n) is 9.19. The molecule has 126 valence electrons. The summed E-state index contributed by atoms with van der Waals surface area (Å²) in [6.07, 6.45) is 15.6. The minimum Gasteiger partial charge on any atom is -0.373 e. The number of rotatable bonds is 9. The van der Waals surface area contributed by atoms with E-state index >= 15 is 0 Å². The van der Waals surface area contributed by atoms with E-state index in [1.165, 1.54) is 56.1 Å². The molecular formula is C22H32O. The zero-order valence-electron chi connectivity index (χ0n) is 14.7. The van der Waals surface area contributed by atoms with E-state index in [0.29, 0.717) is 13.2 Å². The van der Waals surface area contributed by atoms with Gasteiger partial charge in [-0.3, -0.25) is 0 Å². The van der Waals surface area contributed by atoms with E-state index in [2.05, 4.69) is 36.9 Å². The van der Waals surface area contributed by atoms with Crippen LogP contribution in [0.1, 0.15) is 56.6 Å². The first-order chi connectivity index (χ1) is 11.3. The van der Waals surface area contributed by atoms with Gasteiger partial charge in [0.2, 0.25) is 0 Å². The van der Waals surface area contributed by atoms with Crippen LogP contribution in [0.3, 0.4) is 0 Å². The fraction of sp³-hybridized carbons (Fsp3) is 0.545. The third kappa shape index (κ3) is 6.74. The molecule has 0 spiro atoms. The molecule has 1 saturated carbocycles. The van der Waals surface area contributed by atoms with Crippen molar-refractivity contribution in [3.05, 3.63) is 60.2 Å². The number of aryl methyl sites for hydroxylation is 1. The molecular weight excluding hydrogens is 280 g/mol. The van der Waals surface area contributed by atoms with E-state index in [0.717, 1.165) is 11.8 Å². The summed E-state index contributed by atoms with van der Waals surface area (Å²) in [5.41, 5.74) is 2.73. The van der Waals surface area contributed by atoms with Crippen molar-refractivity contribution in [2.75, 3.05) is 6.61 Å². The second kappa shape index (κ2) is 10.4. The number of hydrogen-bond acceptors (Lipinski definition) is 1. The van der Waals surface area contributed by atoms with Gasteiger partial charge in [-0.15, -0.1) is 6.58 Å². The summed E-state index contributed by atoms with van der Waals surface area (Å²) < 4.78 is 5.59. The number of allylic oxidation sites excluding steroid dienone is 2. The van der Waals surface area contributed by atoms with Gasteiger partial charge in [0.1, 0.15) is 0 Å². The summed E-state index contributed by atoms with van der Waals surface area (Å²) in [4.78, 5) is 0. The van der Waals surface area contributed by atoms with Crippen LogP contribution >= 0.6 is 0 Å². The molecule has 23 heavy (non-hydrogen) atoms. The molecule has 0 unspecified atom stereocenters. The fourth-order valence-corrected chi connectivity index (χ4v) is 3.51. The summed E-state index contributed by atoms with van der Waals surface area (Å²) in [5, 5.41) is 0. The summed E-state index contributed by atoms with van der Waals surface area (Å²) >= 11 is 0. The van der Waals surface area contributed by atoms with Crippen molar-refractivity contribution in [2.24, 2.45) is 11.8 Å². The van der Waals surface area contributed by atoms with Gasteiger partial charge < -0.3 is 4.74 Å². The minimum atomic E-state index is 0.701. The van der Waals surface area contributed by atoms with E-state index in [1.54, 1.807) is 0 Å². The highest BCUT2D eigenvalue weighted by atomic mass is 16.5. The maximum atomic E-state index is 5.59. The molecule has 1 fully saturated rings. The molecule has 1 aliphatic rings. The average Bonchev–Trinajstić information content (AvgIpc) is 2.59. The Hall–Kier alpha value is -1.34. The Labute approximate surface area is 142 Å². The van der Waals surface area contributed by atoms with Crippen LogP contribution in [0.25, 0.3) is 0 Å². The molecule has 1 aliphatic carbocycles. The summed E-state index contributed by atoms with van der Waals surface area (Å²) in [7, 11) is 0. The first kappa shape index (κ1) is 18.0. The monoisotopic (exact) mass is 312 g/mol. The van der Waals surface area contributed by atoms with E-state index in [-0.39, 0.29) is 0 Å². The smallest absolute Gasteiger partial charge is 0.0721 e. The molecule has 1 aromatic rings. The molecule has 0 amide bonds. The Morgan fingerprint density at radius 2 is 1.70 bits per heavy atom. The van der Waals surface area contributed by atoms with Crippen LogP contribution in [0.4, 0.5) is 0 Å². The molecule has 0 heterocycles. The molecule has 0 N–H and O–H groups in total. The highest BCUT2D eigenvalue weighted by Gasteiger charge is 2.19. The standard InChI is InChI=1S/C22H32O/c1-3-5-17-23-18-22-15-13-21(14-16-22)12-11-20-9-7-19(6-4-2)8-10-20/h3-5,13-16,19-20H,2,6-12,17-18H2,1H3/b5-3+. The molecule has 0 saturated heterocycles. The largest absolute Gasteiger partial charge is 0.373 e. The predicted octanol–water partition coefficient (Wildman–Crippen LogP) is 6.09. The lowest BCUT2D eigenvalue weighted by Crippen LogP contribution is -2.14. The van der Waals surface area contributed by atoms with Crippen LogP contribution < -0.4 is 0 Å². The van der Waals surface area contributed by atoms with Crippen molar-refractivity contribution >= 4 is 0 Å². The van der Waals surface area contributed by atoms with Crippen LogP contribution in [0, 0.1) is 11.8 Å². The van der Waals surface area contributed by atoms with Crippen LogP contribution in [0.2, 0.25) is 0 Å². The van der Waals surface area contributed by atoms with Gasteiger partial charge in [0.15, 0.2) is 0 Å². The zero-order chi connectivity index (χ0) is 16.3. The number of benzene rings is 1. The van der Waals surface area contributed by atoms with Gasteiger partial charge in [-0.05, 0) is 62.0 Å². The van der Waals surface area contributed by atoms with Gasteiger partial charge >= 0.3 is 0 Å². The minimum absolute atomic E-state index is 0.701. The summed E-state index contributed by atoms with van der Waals surface area (Å²) in [6.45, 7) is 7.30. The second-order valence-electron chi connectivity index (χ2n) is 6.85. The molecule has 1 aromatic carbocycles. The van der Waals surface area contributed by atoms with Crippen LogP contribution in [0.15, 0.2) is 49.1 Å². The molecule has 0 bridgehead atoms.